The van der Waals surface area contributed by atoms with Gasteiger partial charge in [0.1, 0.15) is 17.6 Å². The Morgan fingerprint density at radius 2 is 1.96 bits per heavy atom. The number of hydrogen-bond acceptors (Lipinski definition) is 4. The van der Waals surface area contributed by atoms with Gasteiger partial charge in [0.05, 0.1) is 25.8 Å². The molecule has 25 heavy (non-hydrogen) atoms. The summed E-state index contributed by atoms with van der Waals surface area (Å²) in [6, 6.07) is 15.1. The van der Waals surface area contributed by atoms with Crippen LogP contribution in [0.4, 0.5) is 0 Å². The molecule has 3 aromatic rings. The first-order valence-corrected chi connectivity index (χ1v) is 8.15. The van der Waals surface area contributed by atoms with Crippen LogP contribution in [0.3, 0.4) is 0 Å². The van der Waals surface area contributed by atoms with E-state index in [1.807, 2.05) is 43.3 Å². The number of methoxy groups -OCH3 is 1. The van der Waals surface area contributed by atoms with Crippen LogP contribution in [0.25, 0.3) is 10.8 Å². The normalized spacial score (nSPS) is 13.4. The fraction of sp³-hybridized carbons (Fsp3) is 0.250. The molecule has 1 unspecified atom stereocenters. The summed E-state index contributed by atoms with van der Waals surface area (Å²) in [5.74, 6) is 0.777. The lowest BCUT2D eigenvalue weighted by Crippen LogP contribution is -2.31. The molecule has 2 aromatic carbocycles. The zero-order valence-electron chi connectivity index (χ0n) is 14.2. The number of furan rings is 1. The average Bonchev–Trinajstić information content (AvgIpc) is 3.19. The molecule has 0 saturated heterocycles. The zero-order chi connectivity index (χ0) is 17.8. The molecule has 0 bridgehead atoms. The molecular formula is C20H21NO4. The van der Waals surface area contributed by atoms with Crippen molar-refractivity contribution in [1.29, 1.82) is 0 Å². The molecule has 0 aliphatic heterocycles. The quantitative estimate of drug-likeness (QED) is 0.722. The van der Waals surface area contributed by atoms with E-state index < -0.39 is 6.10 Å². The number of carbonyl (C=O) groups is 1. The van der Waals surface area contributed by atoms with E-state index in [9.17, 15) is 9.90 Å². The van der Waals surface area contributed by atoms with E-state index in [1.165, 1.54) is 6.26 Å². The molecule has 5 heteroatoms. The lowest BCUT2D eigenvalue weighted by molar-refractivity contribution is -0.122. The third kappa shape index (κ3) is 3.83. The minimum atomic E-state index is -0.852. The molecule has 2 N–H and O–H groups in total. The molecule has 5 nitrogen and oxygen atoms in total. The van der Waals surface area contributed by atoms with Crippen molar-refractivity contribution in [2.75, 3.05) is 13.7 Å². The summed E-state index contributed by atoms with van der Waals surface area (Å²) in [6.07, 6.45) is 0.641. The summed E-state index contributed by atoms with van der Waals surface area (Å²) in [7, 11) is 1.64. The SMILES string of the molecule is COc1ccc2cc([C@H](C)C(=O)NCC(O)c3ccco3)ccc2c1. The number of aliphatic hydroxyl groups excluding tert-OH is 1. The smallest absolute Gasteiger partial charge is 0.227 e. The van der Waals surface area contributed by atoms with Crippen molar-refractivity contribution in [2.24, 2.45) is 0 Å². The van der Waals surface area contributed by atoms with Crippen LogP contribution in [0.15, 0.2) is 59.2 Å². The van der Waals surface area contributed by atoms with Crippen LogP contribution in [0.5, 0.6) is 5.75 Å². The van der Waals surface area contributed by atoms with Crippen LogP contribution in [-0.4, -0.2) is 24.7 Å². The minimum Gasteiger partial charge on any atom is -0.497 e. The van der Waals surface area contributed by atoms with Crippen molar-refractivity contribution in [1.82, 2.24) is 5.32 Å². The second-order valence-electron chi connectivity index (χ2n) is 5.97. The van der Waals surface area contributed by atoms with Crippen LogP contribution >= 0.6 is 0 Å². The summed E-state index contributed by atoms with van der Waals surface area (Å²) in [5.41, 5.74) is 0.919. The highest BCUT2D eigenvalue weighted by Gasteiger charge is 2.18. The largest absolute Gasteiger partial charge is 0.497 e. The van der Waals surface area contributed by atoms with Crippen molar-refractivity contribution >= 4 is 16.7 Å². The lowest BCUT2D eigenvalue weighted by Gasteiger charge is -2.15. The van der Waals surface area contributed by atoms with Gasteiger partial charge in [-0.1, -0.05) is 24.3 Å². The zero-order valence-corrected chi connectivity index (χ0v) is 14.2. The molecule has 1 amide bonds. The molecule has 130 valence electrons. The molecule has 0 aliphatic rings. The molecule has 2 atom stereocenters. The second kappa shape index (κ2) is 7.40. The Morgan fingerprint density at radius 1 is 1.20 bits per heavy atom. The highest BCUT2D eigenvalue weighted by molar-refractivity contribution is 5.88. The van der Waals surface area contributed by atoms with E-state index in [1.54, 1.807) is 19.2 Å². The Hall–Kier alpha value is -2.79. The lowest BCUT2D eigenvalue weighted by atomic mass is 9.97. The molecule has 0 saturated carbocycles. The number of ether oxygens (including phenoxy) is 1. The first-order valence-electron chi connectivity index (χ1n) is 8.15. The average molecular weight is 339 g/mol. The summed E-state index contributed by atoms with van der Waals surface area (Å²) in [5, 5.41) is 14.9. The van der Waals surface area contributed by atoms with Crippen LogP contribution in [0.2, 0.25) is 0 Å². The molecule has 0 radical (unpaired) electrons. The Labute approximate surface area is 146 Å². The van der Waals surface area contributed by atoms with Crippen LogP contribution in [0.1, 0.15) is 30.3 Å². The van der Waals surface area contributed by atoms with Gasteiger partial charge in [0.25, 0.3) is 0 Å². The van der Waals surface area contributed by atoms with E-state index >= 15 is 0 Å². The van der Waals surface area contributed by atoms with Gasteiger partial charge in [0.15, 0.2) is 0 Å². The molecule has 3 rings (SSSR count). The molecule has 0 fully saturated rings. The van der Waals surface area contributed by atoms with Gasteiger partial charge in [-0.15, -0.1) is 0 Å². The van der Waals surface area contributed by atoms with Gasteiger partial charge < -0.3 is 19.6 Å². The van der Waals surface area contributed by atoms with Crippen LogP contribution in [0, 0.1) is 0 Å². The van der Waals surface area contributed by atoms with Gasteiger partial charge in [0.2, 0.25) is 5.91 Å². The highest BCUT2D eigenvalue weighted by atomic mass is 16.5. The third-order valence-corrected chi connectivity index (χ3v) is 4.31. The first kappa shape index (κ1) is 17.0. The predicted molar refractivity (Wildman–Crippen MR) is 95.6 cm³/mol. The highest BCUT2D eigenvalue weighted by Crippen LogP contribution is 2.25. The number of rotatable bonds is 6. The van der Waals surface area contributed by atoms with Gasteiger partial charge in [-0.3, -0.25) is 4.79 Å². The Bertz CT molecular complexity index is 857. The number of benzene rings is 2. The van der Waals surface area contributed by atoms with Gasteiger partial charge in [-0.05, 0) is 47.5 Å². The van der Waals surface area contributed by atoms with Crippen LogP contribution < -0.4 is 10.1 Å². The monoisotopic (exact) mass is 339 g/mol. The van der Waals surface area contributed by atoms with Crippen LogP contribution in [-0.2, 0) is 4.79 Å². The standard InChI is InChI=1S/C20H21NO4/c1-13(20(23)21-12-18(22)19-4-3-9-25-19)14-5-6-16-11-17(24-2)8-7-15(16)10-14/h3-11,13,18,22H,12H2,1-2H3,(H,21,23)/t13-,18?/m0/s1. The minimum absolute atomic E-state index is 0.113. The van der Waals surface area contributed by atoms with Crippen molar-refractivity contribution in [3.8, 4) is 5.75 Å². The van der Waals surface area contributed by atoms with E-state index in [4.69, 9.17) is 9.15 Å². The fourth-order valence-corrected chi connectivity index (χ4v) is 2.72. The van der Waals surface area contributed by atoms with Crippen molar-refractivity contribution < 1.29 is 19.1 Å². The van der Waals surface area contributed by atoms with E-state index in [-0.39, 0.29) is 18.4 Å². The first-order chi connectivity index (χ1) is 12.1. The van der Waals surface area contributed by atoms with Gasteiger partial charge in [-0.25, -0.2) is 0 Å². The Kier molecular flexibility index (Phi) is 5.05. The number of carbonyl (C=O) groups excluding carboxylic acids is 1. The maximum absolute atomic E-state index is 12.4. The summed E-state index contributed by atoms with van der Waals surface area (Å²) in [4.78, 5) is 12.4. The number of fused-ring (bicyclic) bond motifs is 1. The van der Waals surface area contributed by atoms with Gasteiger partial charge >= 0.3 is 0 Å². The summed E-state index contributed by atoms with van der Waals surface area (Å²) < 4.78 is 10.4. The topological polar surface area (TPSA) is 71.7 Å². The molecular weight excluding hydrogens is 318 g/mol. The maximum atomic E-state index is 12.4. The maximum Gasteiger partial charge on any atom is 0.227 e. The van der Waals surface area contributed by atoms with E-state index in [0.29, 0.717) is 5.76 Å². The van der Waals surface area contributed by atoms with Crippen molar-refractivity contribution in [3.63, 3.8) is 0 Å². The third-order valence-electron chi connectivity index (χ3n) is 4.31. The fourth-order valence-electron chi connectivity index (χ4n) is 2.72. The van der Waals surface area contributed by atoms with E-state index in [2.05, 4.69) is 5.32 Å². The van der Waals surface area contributed by atoms with Gasteiger partial charge in [0, 0.05) is 0 Å². The van der Waals surface area contributed by atoms with Crippen molar-refractivity contribution in [2.45, 2.75) is 18.9 Å². The van der Waals surface area contributed by atoms with E-state index in [0.717, 1.165) is 22.1 Å². The number of hydrogen-bond donors (Lipinski definition) is 2. The molecule has 1 heterocycles. The Balaban J connectivity index is 1.68. The number of nitrogens with one attached hydrogen (secondary N) is 1. The molecule has 0 aliphatic carbocycles. The summed E-state index contributed by atoms with van der Waals surface area (Å²) >= 11 is 0. The molecule has 0 spiro atoms. The second-order valence-corrected chi connectivity index (χ2v) is 5.97. The summed E-state index contributed by atoms with van der Waals surface area (Å²) in [6.45, 7) is 1.96. The number of amides is 1. The van der Waals surface area contributed by atoms with Crippen molar-refractivity contribution in [3.05, 3.63) is 66.1 Å². The molecule has 1 aromatic heterocycles. The Morgan fingerprint density at radius 3 is 2.68 bits per heavy atom. The predicted octanol–water partition coefficient (Wildman–Crippen LogP) is 3.39. The van der Waals surface area contributed by atoms with Gasteiger partial charge in [-0.2, -0.15) is 0 Å². The number of aliphatic hydroxyl groups is 1.